The maximum Gasteiger partial charge on any atom is 0.0589 e. The number of nitrogens with one attached hydrogen (secondary N) is 1. The lowest BCUT2D eigenvalue weighted by Gasteiger charge is -2.32. The molecule has 1 atom stereocenters. The van der Waals surface area contributed by atoms with E-state index in [9.17, 15) is 0 Å². The Morgan fingerprint density at radius 2 is 1.95 bits per heavy atom. The minimum Gasteiger partial charge on any atom is -0.385 e. The van der Waals surface area contributed by atoms with Crippen LogP contribution < -0.4 is 5.32 Å². The second-order valence-electron chi connectivity index (χ2n) is 5.64. The molecule has 21 heavy (non-hydrogen) atoms. The average molecular weight is 292 g/mol. The normalized spacial score (nSPS) is 17.6. The number of rotatable bonds is 9. The molecular formula is C17H28N2O2. The standard InChI is InChI=1S/C17H28N2O2/c1-20-12-5-10-19(11-13-21-2)14-15-8-9-18-17-7-4-3-6-16(15)17/h3-4,6-7,15,18H,5,8-14H2,1-2H3. The van der Waals surface area contributed by atoms with E-state index in [1.165, 1.54) is 17.7 Å². The van der Waals surface area contributed by atoms with Crippen molar-refractivity contribution in [2.75, 3.05) is 58.9 Å². The van der Waals surface area contributed by atoms with Crippen molar-refractivity contribution < 1.29 is 9.47 Å². The van der Waals surface area contributed by atoms with E-state index in [0.717, 1.165) is 45.8 Å². The molecule has 0 amide bonds. The Kier molecular flexibility index (Phi) is 7.00. The zero-order valence-corrected chi connectivity index (χ0v) is 13.3. The number of hydrogen-bond donors (Lipinski definition) is 1. The second-order valence-corrected chi connectivity index (χ2v) is 5.64. The van der Waals surface area contributed by atoms with Crippen LogP contribution in [0.1, 0.15) is 24.3 Å². The molecule has 0 aromatic heterocycles. The Hall–Kier alpha value is -1.10. The third kappa shape index (κ3) is 4.99. The Labute approximate surface area is 128 Å². The van der Waals surface area contributed by atoms with Crippen molar-refractivity contribution >= 4 is 5.69 Å². The fraction of sp³-hybridized carbons (Fsp3) is 0.647. The van der Waals surface area contributed by atoms with Gasteiger partial charge in [-0.3, -0.25) is 0 Å². The van der Waals surface area contributed by atoms with E-state index in [0.29, 0.717) is 5.92 Å². The van der Waals surface area contributed by atoms with E-state index >= 15 is 0 Å². The molecule has 118 valence electrons. The molecule has 1 heterocycles. The summed E-state index contributed by atoms with van der Waals surface area (Å²) in [6, 6.07) is 8.69. The van der Waals surface area contributed by atoms with Crippen LogP contribution in [-0.4, -0.2) is 58.5 Å². The number of para-hydroxylation sites is 1. The summed E-state index contributed by atoms with van der Waals surface area (Å²) in [5.74, 6) is 0.613. The van der Waals surface area contributed by atoms with Crippen LogP contribution in [0.15, 0.2) is 24.3 Å². The van der Waals surface area contributed by atoms with Gasteiger partial charge in [0.25, 0.3) is 0 Å². The van der Waals surface area contributed by atoms with Crippen LogP contribution in [0.5, 0.6) is 0 Å². The Morgan fingerprint density at radius 3 is 2.76 bits per heavy atom. The molecule has 1 N–H and O–H groups in total. The van der Waals surface area contributed by atoms with Gasteiger partial charge in [0, 0.05) is 58.6 Å². The van der Waals surface area contributed by atoms with Gasteiger partial charge in [0.15, 0.2) is 0 Å². The first kappa shape index (κ1) is 16.3. The Bertz CT molecular complexity index is 412. The third-order valence-corrected chi connectivity index (χ3v) is 4.12. The van der Waals surface area contributed by atoms with Gasteiger partial charge in [0.1, 0.15) is 0 Å². The molecule has 2 rings (SSSR count). The molecule has 0 fully saturated rings. The SMILES string of the molecule is COCCCN(CCOC)CC1CCNc2ccccc21. The summed E-state index contributed by atoms with van der Waals surface area (Å²) in [6.07, 6.45) is 2.28. The van der Waals surface area contributed by atoms with Crippen molar-refractivity contribution in [1.29, 1.82) is 0 Å². The van der Waals surface area contributed by atoms with Crippen molar-refractivity contribution in [2.45, 2.75) is 18.8 Å². The summed E-state index contributed by atoms with van der Waals surface area (Å²) >= 11 is 0. The van der Waals surface area contributed by atoms with Crippen LogP contribution >= 0.6 is 0 Å². The predicted octanol–water partition coefficient (Wildman–Crippen LogP) is 2.57. The largest absolute Gasteiger partial charge is 0.385 e. The van der Waals surface area contributed by atoms with Gasteiger partial charge in [-0.25, -0.2) is 0 Å². The number of hydrogen-bond acceptors (Lipinski definition) is 4. The molecule has 0 bridgehead atoms. The van der Waals surface area contributed by atoms with Crippen LogP contribution in [0.3, 0.4) is 0 Å². The van der Waals surface area contributed by atoms with Crippen LogP contribution in [0.4, 0.5) is 5.69 Å². The summed E-state index contributed by atoms with van der Waals surface area (Å²) in [5, 5.41) is 3.50. The van der Waals surface area contributed by atoms with E-state index in [1.54, 1.807) is 14.2 Å². The summed E-state index contributed by atoms with van der Waals surface area (Å²) in [4.78, 5) is 2.51. The number of benzene rings is 1. The fourth-order valence-electron chi connectivity index (χ4n) is 3.00. The van der Waals surface area contributed by atoms with E-state index in [-0.39, 0.29) is 0 Å². The number of ether oxygens (including phenoxy) is 2. The van der Waals surface area contributed by atoms with Gasteiger partial charge in [-0.15, -0.1) is 0 Å². The van der Waals surface area contributed by atoms with E-state index in [1.807, 2.05) is 0 Å². The Morgan fingerprint density at radius 1 is 1.14 bits per heavy atom. The molecule has 1 aromatic carbocycles. The van der Waals surface area contributed by atoms with E-state index < -0.39 is 0 Å². The highest BCUT2D eigenvalue weighted by molar-refractivity contribution is 5.54. The molecular weight excluding hydrogens is 264 g/mol. The van der Waals surface area contributed by atoms with Gasteiger partial charge in [0.05, 0.1) is 6.61 Å². The van der Waals surface area contributed by atoms with Crippen molar-refractivity contribution in [1.82, 2.24) is 4.90 Å². The summed E-state index contributed by atoms with van der Waals surface area (Å²) in [7, 11) is 3.54. The van der Waals surface area contributed by atoms with E-state index in [4.69, 9.17) is 9.47 Å². The predicted molar refractivity (Wildman–Crippen MR) is 87.1 cm³/mol. The molecule has 0 radical (unpaired) electrons. The minimum absolute atomic E-state index is 0.613. The Balaban J connectivity index is 1.95. The lowest BCUT2D eigenvalue weighted by molar-refractivity contribution is 0.128. The number of nitrogens with zero attached hydrogens (tertiary/aromatic N) is 1. The topological polar surface area (TPSA) is 33.7 Å². The van der Waals surface area contributed by atoms with Gasteiger partial charge >= 0.3 is 0 Å². The van der Waals surface area contributed by atoms with Gasteiger partial charge in [0.2, 0.25) is 0 Å². The lowest BCUT2D eigenvalue weighted by atomic mass is 9.90. The summed E-state index contributed by atoms with van der Waals surface area (Å²) in [6.45, 7) is 5.85. The fourth-order valence-corrected chi connectivity index (χ4v) is 3.00. The highest BCUT2D eigenvalue weighted by Gasteiger charge is 2.21. The van der Waals surface area contributed by atoms with Gasteiger partial charge in [-0.05, 0) is 24.5 Å². The molecule has 0 spiro atoms. The van der Waals surface area contributed by atoms with Crippen molar-refractivity contribution in [3.8, 4) is 0 Å². The van der Waals surface area contributed by atoms with Gasteiger partial charge in [-0.1, -0.05) is 18.2 Å². The molecule has 1 aliphatic rings. The van der Waals surface area contributed by atoms with Crippen LogP contribution in [0, 0.1) is 0 Å². The second kappa shape index (κ2) is 9.03. The minimum atomic E-state index is 0.613. The maximum atomic E-state index is 5.25. The third-order valence-electron chi connectivity index (χ3n) is 4.12. The smallest absolute Gasteiger partial charge is 0.0589 e. The maximum absolute atomic E-state index is 5.25. The lowest BCUT2D eigenvalue weighted by Crippen LogP contribution is -2.35. The van der Waals surface area contributed by atoms with Crippen LogP contribution in [0.2, 0.25) is 0 Å². The number of fused-ring (bicyclic) bond motifs is 1. The highest BCUT2D eigenvalue weighted by atomic mass is 16.5. The highest BCUT2D eigenvalue weighted by Crippen LogP contribution is 2.31. The van der Waals surface area contributed by atoms with Crippen LogP contribution in [0.25, 0.3) is 0 Å². The molecule has 0 aliphatic carbocycles. The summed E-state index contributed by atoms with van der Waals surface area (Å²) < 4.78 is 10.4. The molecule has 0 saturated heterocycles. The molecule has 1 unspecified atom stereocenters. The van der Waals surface area contributed by atoms with E-state index in [2.05, 4.69) is 34.5 Å². The molecule has 0 saturated carbocycles. The average Bonchev–Trinajstić information content (AvgIpc) is 2.53. The number of methoxy groups -OCH3 is 2. The van der Waals surface area contributed by atoms with Crippen molar-refractivity contribution in [3.63, 3.8) is 0 Å². The first-order valence-electron chi connectivity index (χ1n) is 7.88. The molecule has 1 aromatic rings. The first-order chi connectivity index (χ1) is 10.3. The summed E-state index contributed by atoms with van der Waals surface area (Å²) in [5.41, 5.74) is 2.76. The zero-order valence-electron chi connectivity index (χ0n) is 13.3. The van der Waals surface area contributed by atoms with Gasteiger partial charge < -0.3 is 19.7 Å². The van der Waals surface area contributed by atoms with Gasteiger partial charge in [-0.2, -0.15) is 0 Å². The quantitative estimate of drug-likeness (QED) is 0.709. The van der Waals surface area contributed by atoms with Crippen molar-refractivity contribution in [2.24, 2.45) is 0 Å². The zero-order chi connectivity index (χ0) is 14.9. The first-order valence-corrected chi connectivity index (χ1v) is 7.88. The molecule has 4 heteroatoms. The van der Waals surface area contributed by atoms with Crippen LogP contribution in [-0.2, 0) is 9.47 Å². The van der Waals surface area contributed by atoms with Crippen molar-refractivity contribution in [3.05, 3.63) is 29.8 Å². The molecule has 1 aliphatic heterocycles. The monoisotopic (exact) mass is 292 g/mol. The number of anilines is 1. The molecule has 4 nitrogen and oxygen atoms in total.